The van der Waals surface area contributed by atoms with Crippen LogP contribution in [0.2, 0.25) is 0 Å². The van der Waals surface area contributed by atoms with Gasteiger partial charge in [-0.2, -0.15) is 5.10 Å². The fraction of sp³-hybridized carbons (Fsp3) is 0.273. The van der Waals surface area contributed by atoms with Crippen molar-refractivity contribution in [3.63, 3.8) is 0 Å². The number of benzene rings is 1. The van der Waals surface area contributed by atoms with Crippen molar-refractivity contribution in [1.29, 1.82) is 0 Å². The van der Waals surface area contributed by atoms with E-state index in [1.165, 1.54) is 12.1 Å². The number of anilines is 1. The van der Waals surface area contributed by atoms with Gasteiger partial charge in [-0.1, -0.05) is 0 Å². The molecule has 88 valence electrons. The summed E-state index contributed by atoms with van der Waals surface area (Å²) in [6.45, 7) is 2.50. The van der Waals surface area contributed by atoms with Crippen LogP contribution < -0.4 is 4.90 Å². The molecule has 0 aliphatic carbocycles. The zero-order chi connectivity index (χ0) is 12.2. The molecule has 17 heavy (non-hydrogen) atoms. The molecule has 0 atom stereocenters. The molecule has 2 heterocycles. The van der Waals surface area contributed by atoms with Crippen LogP contribution in [0.15, 0.2) is 16.6 Å². The molecule has 1 aliphatic heterocycles. The van der Waals surface area contributed by atoms with Gasteiger partial charge in [-0.3, -0.25) is 0 Å². The predicted octanol–water partition coefficient (Wildman–Crippen LogP) is 2.43. The zero-order valence-electron chi connectivity index (χ0n) is 9.41. The number of aromatic nitrogens is 3. The maximum absolute atomic E-state index is 13.5. The lowest BCUT2D eigenvalue weighted by molar-refractivity contribution is 0.619. The molecule has 3 rings (SSSR count). The first-order chi connectivity index (χ1) is 8.06. The molecular formula is C11H10BrFN4. The minimum absolute atomic E-state index is 0.287. The Morgan fingerprint density at radius 2 is 2.18 bits per heavy atom. The van der Waals surface area contributed by atoms with E-state index in [1.807, 2.05) is 18.9 Å². The smallest absolute Gasteiger partial charge is 0.152 e. The van der Waals surface area contributed by atoms with Crippen LogP contribution in [0, 0.1) is 12.7 Å². The Balaban J connectivity index is 2.33. The second-order valence-corrected chi connectivity index (χ2v) is 4.95. The second kappa shape index (κ2) is 3.53. The van der Waals surface area contributed by atoms with E-state index in [0.29, 0.717) is 12.4 Å². The van der Waals surface area contributed by atoms with E-state index in [4.69, 9.17) is 0 Å². The van der Waals surface area contributed by atoms with E-state index >= 15 is 0 Å². The predicted molar refractivity (Wildman–Crippen MR) is 65.9 cm³/mol. The molecule has 0 amide bonds. The Hall–Kier alpha value is -1.43. The van der Waals surface area contributed by atoms with E-state index in [1.54, 1.807) is 4.68 Å². The van der Waals surface area contributed by atoms with Crippen LogP contribution in [0.5, 0.6) is 0 Å². The lowest BCUT2D eigenvalue weighted by atomic mass is 10.2. The molecule has 1 aromatic carbocycles. The van der Waals surface area contributed by atoms with Gasteiger partial charge in [0.1, 0.15) is 11.6 Å². The number of halogens is 2. The summed E-state index contributed by atoms with van der Waals surface area (Å²) in [5.41, 5.74) is 1.66. The molecule has 1 aromatic heterocycles. The number of hydrogen-bond donors (Lipinski definition) is 0. The molecule has 0 unspecified atom stereocenters. The maximum Gasteiger partial charge on any atom is 0.152 e. The highest BCUT2D eigenvalue weighted by atomic mass is 79.9. The van der Waals surface area contributed by atoms with Gasteiger partial charge in [-0.25, -0.2) is 14.1 Å². The molecule has 6 heteroatoms. The first-order valence-electron chi connectivity index (χ1n) is 5.19. The number of rotatable bonds is 0. The van der Waals surface area contributed by atoms with Gasteiger partial charge in [0, 0.05) is 17.6 Å². The van der Waals surface area contributed by atoms with E-state index in [0.717, 1.165) is 21.7 Å². The van der Waals surface area contributed by atoms with E-state index < -0.39 is 0 Å². The molecule has 0 saturated carbocycles. The Morgan fingerprint density at radius 1 is 1.41 bits per heavy atom. The van der Waals surface area contributed by atoms with E-state index in [2.05, 4.69) is 26.0 Å². The average Bonchev–Trinajstić information content (AvgIpc) is 2.57. The van der Waals surface area contributed by atoms with Crippen LogP contribution >= 0.6 is 15.9 Å². The normalized spacial score (nSPS) is 13.5. The van der Waals surface area contributed by atoms with Crippen LogP contribution in [0.25, 0.3) is 5.69 Å². The number of nitrogens with zero attached hydrogens (tertiary/aromatic N) is 4. The van der Waals surface area contributed by atoms with Crippen LogP contribution in [-0.2, 0) is 6.54 Å². The van der Waals surface area contributed by atoms with Gasteiger partial charge in [-0.15, -0.1) is 0 Å². The van der Waals surface area contributed by atoms with Gasteiger partial charge < -0.3 is 4.90 Å². The van der Waals surface area contributed by atoms with E-state index in [-0.39, 0.29) is 5.82 Å². The topological polar surface area (TPSA) is 34.0 Å². The van der Waals surface area contributed by atoms with Crippen LogP contribution in [0.3, 0.4) is 0 Å². The van der Waals surface area contributed by atoms with Gasteiger partial charge in [-0.05, 0) is 28.9 Å². The first kappa shape index (κ1) is 10.7. The van der Waals surface area contributed by atoms with Crippen molar-refractivity contribution in [2.24, 2.45) is 0 Å². The number of fused-ring (bicyclic) bond motifs is 3. The summed E-state index contributed by atoms with van der Waals surface area (Å²) in [6, 6.07) is 2.94. The summed E-state index contributed by atoms with van der Waals surface area (Å²) in [5.74, 6) is 1.24. The molecule has 1 aliphatic rings. The Kier molecular flexibility index (Phi) is 2.22. The van der Waals surface area contributed by atoms with Gasteiger partial charge >= 0.3 is 0 Å². The van der Waals surface area contributed by atoms with Crippen molar-refractivity contribution in [1.82, 2.24) is 14.8 Å². The van der Waals surface area contributed by atoms with E-state index in [9.17, 15) is 4.39 Å². The maximum atomic E-state index is 13.5. The summed E-state index contributed by atoms with van der Waals surface area (Å²) < 4.78 is 15.9. The number of hydrogen-bond acceptors (Lipinski definition) is 3. The van der Waals surface area contributed by atoms with Crippen molar-refractivity contribution in [2.45, 2.75) is 13.5 Å². The zero-order valence-corrected chi connectivity index (χ0v) is 11.0. The molecule has 0 N–H and O–H groups in total. The molecule has 0 spiro atoms. The molecule has 0 bridgehead atoms. The molecule has 2 aromatic rings. The van der Waals surface area contributed by atoms with Gasteiger partial charge in [0.25, 0.3) is 0 Å². The van der Waals surface area contributed by atoms with Crippen molar-refractivity contribution in [3.05, 3.63) is 34.1 Å². The van der Waals surface area contributed by atoms with Crippen LogP contribution in [-0.4, -0.2) is 21.8 Å². The minimum Gasteiger partial charge on any atom is -0.364 e. The third-order valence-corrected chi connectivity index (χ3v) is 3.38. The highest BCUT2D eigenvalue weighted by molar-refractivity contribution is 9.10. The fourth-order valence-electron chi connectivity index (χ4n) is 2.14. The molecule has 0 radical (unpaired) electrons. The van der Waals surface area contributed by atoms with Crippen LogP contribution in [0.1, 0.15) is 11.6 Å². The monoisotopic (exact) mass is 296 g/mol. The molecule has 4 nitrogen and oxygen atoms in total. The first-order valence-corrected chi connectivity index (χ1v) is 5.98. The van der Waals surface area contributed by atoms with Crippen molar-refractivity contribution in [3.8, 4) is 5.69 Å². The third kappa shape index (κ3) is 1.55. The lowest BCUT2D eigenvalue weighted by Gasteiger charge is -2.28. The minimum atomic E-state index is -0.287. The summed E-state index contributed by atoms with van der Waals surface area (Å²) in [5, 5.41) is 4.30. The summed E-state index contributed by atoms with van der Waals surface area (Å²) in [4.78, 5) is 6.36. The quantitative estimate of drug-likeness (QED) is 0.749. The standard InChI is InChI=1S/C11H10BrFN4/c1-6-14-10-5-16(2)11-8(12)3-7(13)4-9(11)17(10)15-6/h3-4H,5H2,1-2H3. The lowest BCUT2D eigenvalue weighted by Crippen LogP contribution is -2.26. The molecule has 0 saturated heterocycles. The van der Waals surface area contributed by atoms with Crippen molar-refractivity contribution < 1.29 is 4.39 Å². The van der Waals surface area contributed by atoms with Gasteiger partial charge in [0.05, 0.1) is 17.9 Å². The average molecular weight is 297 g/mol. The largest absolute Gasteiger partial charge is 0.364 e. The summed E-state index contributed by atoms with van der Waals surface area (Å²) in [6.07, 6.45) is 0. The molecular weight excluding hydrogens is 287 g/mol. The summed E-state index contributed by atoms with van der Waals surface area (Å²) in [7, 11) is 1.95. The van der Waals surface area contributed by atoms with Crippen molar-refractivity contribution >= 4 is 21.6 Å². The van der Waals surface area contributed by atoms with Gasteiger partial charge in [0.2, 0.25) is 0 Å². The Bertz CT molecular complexity index is 608. The van der Waals surface area contributed by atoms with Crippen LogP contribution in [0.4, 0.5) is 10.1 Å². The fourth-order valence-corrected chi connectivity index (χ4v) is 2.86. The highest BCUT2D eigenvalue weighted by Crippen LogP contribution is 2.37. The Labute approximate surface area is 106 Å². The Morgan fingerprint density at radius 3 is 2.94 bits per heavy atom. The second-order valence-electron chi connectivity index (χ2n) is 4.10. The van der Waals surface area contributed by atoms with Gasteiger partial charge in [0.15, 0.2) is 5.82 Å². The SMILES string of the molecule is Cc1nc2n(n1)-c1cc(F)cc(Br)c1N(C)C2. The highest BCUT2D eigenvalue weighted by Gasteiger charge is 2.24. The molecule has 0 fully saturated rings. The van der Waals surface area contributed by atoms with Crippen molar-refractivity contribution in [2.75, 3.05) is 11.9 Å². The number of aryl methyl sites for hydroxylation is 1. The third-order valence-electron chi connectivity index (χ3n) is 2.78. The summed E-state index contributed by atoms with van der Waals surface area (Å²) >= 11 is 3.39.